The van der Waals surface area contributed by atoms with Crippen molar-refractivity contribution >= 4 is 10.0 Å². The van der Waals surface area contributed by atoms with Crippen LogP contribution in [-0.2, 0) is 16.6 Å². The summed E-state index contributed by atoms with van der Waals surface area (Å²) in [5.41, 5.74) is 1.12. The van der Waals surface area contributed by atoms with Gasteiger partial charge in [0.2, 0.25) is 10.0 Å². The average molecular weight is 340 g/mol. The summed E-state index contributed by atoms with van der Waals surface area (Å²) in [6.07, 6.45) is 3.04. The molecule has 0 atom stereocenters. The molecule has 1 N–H and O–H groups in total. The number of hydrogen-bond donors (Lipinski definition) is 1. The molecule has 0 amide bonds. The molecule has 0 radical (unpaired) electrons. The largest absolute Gasteiger partial charge is 0.320 e. The summed E-state index contributed by atoms with van der Waals surface area (Å²) in [4.78, 5) is 2.48. The minimum Gasteiger partial charge on any atom is -0.320 e. The molecular weight excluding hydrogens is 310 g/mol. The molecule has 0 saturated carbocycles. The third-order valence-corrected chi connectivity index (χ3v) is 6.35. The van der Waals surface area contributed by atoms with E-state index < -0.39 is 10.0 Å². The monoisotopic (exact) mass is 339 g/mol. The van der Waals surface area contributed by atoms with Gasteiger partial charge in [-0.2, -0.15) is 4.31 Å². The zero-order chi connectivity index (χ0) is 16.9. The normalized spacial score (nSPS) is 17.7. The van der Waals surface area contributed by atoms with Crippen molar-refractivity contribution in [2.45, 2.75) is 30.7 Å². The predicted octanol–water partition coefficient (Wildman–Crippen LogP) is 1.76. The summed E-state index contributed by atoms with van der Waals surface area (Å²) in [5, 5.41) is 3.17. The lowest BCUT2D eigenvalue weighted by Crippen LogP contribution is -2.38. The van der Waals surface area contributed by atoms with E-state index in [1.165, 1.54) is 0 Å². The van der Waals surface area contributed by atoms with E-state index in [-0.39, 0.29) is 0 Å². The van der Waals surface area contributed by atoms with E-state index >= 15 is 0 Å². The maximum atomic E-state index is 12.7. The van der Waals surface area contributed by atoms with Crippen LogP contribution in [-0.4, -0.2) is 58.4 Å². The maximum absolute atomic E-state index is 12.7. The standard InChI is InChI=1S/C17H29N3O2S/c1-18-11-8-15-9-12-20(13-10-15)23(21,22)17-6-4-16(5-7-17)14-19(2)3/h4-7,15,18H,8-14H2,1-3H3. The highest BCUT2D eigenvalue weighted by Crippen LogP contribution is 2.25. The SMILES string of the molecule is CNCCC1CCN(S(=O)(=O)c2ccc(CN(C)C)cc2)CC1. The Morgan fingerprint density at radius 3 is 2.30 bits per heavy atom. The summed E-state index contributed by atoms with van der Waals surface area (Å²) in [7, 11) is 2.62. The Kier molecular flexibility index (Phi) is 6.59. The van der Waals surface area contributed by atoms with Gasteiger partial charge in [-0.25, -0.2) is 8.42 Å². The van der Waals surface area contributed by atoms with Crippen LogP contribution in [0.1, 0.15) is 24.8 Å². The molecular formula is C17H29N3O2S. The van der Waals surface area contributed by atoms with Crippen molar-refractivity contribution in [3.8, 4) is 0 Å². The second-order valence-electron chi connectivity index (χ2n) is 6.62. The van der Waals surface area contributed by atoms with E-state index in [9.17, 15) is 8.42 Å². The van der Waals surface area contributed by atoms with Crippen molar-refractivity contribution in [3.05, 3.63) is 29.8 Å². The van der Waals surface area contributed by atoms with Gasteiger partial charge in [-0.05, 0) is 70.6 Å². The first-order chi connectivity index (χ1) is 10.9. The first-order valence-electron chi connectivity index (χ1n) is 8.32. The van der Waals surface area contributed by atoms with Gasteiger partial charge in [0.25, 0.3) is 0 Å². The number of hydrogen-bond acceptors (Lipinski definition) is 4. The van der Waals surface area contributed by atoms with Crippen molar-refractivity contribution in [1.29, 1.82) is 0 Å². The minimum atomic E-state index is -3.35. The Bertz CT molecular complexity index is 576. The van der Waals surface area contributed by atoms with Crippen LogP contribution in [0.4, 0.5) is 0 Å². The second-order valence-corrected chi connectivity index (χ2v) is 8.56. The molecule has 1 aliphatic heterocycles. The molecule has 2 rings (SSSR count). The van der Waals surface area contributed by atoms with Crippen molar-refractivity contribution in [2.24, 2.45) is 5.92 Å². The molecule has 23 heavy (non-hydrogen) atoms. The van der Waals surface area contributed by atoms with Gasteiger partial charge in [-0.3, -0.25) is 0 Å². The number of nitrogens with zero attached hydrogens (tertiary/aromatic N) is 2. The smallest absolute Gasteiger partial charge is 0.243 e. The van der Waals surface area contributed by atoms with Gasteiger partial charge >= 0.3 is 0 Å². The van der Waals surface area contributed by atoms with E-state index in [0.29, 0.717) is 23.9 Å². The fraction of sp³-hybridized carbons (Fsp3) is 0.647. The highest BCUT2D eigenvalue weighted by molar-refractivity contribution is 7.89. The van der Waals surface area contributed by atoms with Gasteiger partial charge in [0.05, 0.1) is 4.90 Å². The Morgan fingerprint density at radius 1 is 1.17 bits per heavy atom. The van der Waals surface area contributed by atoms with E-state index in [1.54, 1.807) is 16.4 Å². The summed E-state index contributed by atoms with van der Waals surface area (Å²) >= 11 is 0. The van der Waals surface area contributed by atoms with Crippen LogP contribution in [0.5, 0.6) is 0 Å². The van der Waals surface area contributed by atoms with Gasteiger partial charge in [-0.1, -0.05) is 12.1 Å². The molecule has 1 aromatic carbocycles. The molecule has 0 aliphatic carbocycles. The Morgan fingerprint density at radius 2 is 1.78 bits per heavy atom. The van der Waals surface area contributed by atoms with Gasteiger partial charge in [0.1, 0.15) is 0 Å². The van der Waals surface area contributed by atoms with Crippen LogP contribution in [0.15, 0.2) is 29.2 Å². The number of rotatable bonds is 7. The molecule has 5 nitrogen and oxygen atoms in total. The molecule has 0 unspecified atom stereocenters. The third-order valence-electron chi connectivity index (χ3n) is 4.44. The molecule has 6 heteroatoms. The number of nitrogens with one attached hydrogen (secondary N) is 1. The van der Waals surface area contributed by atoms with Crippen LogP contribution < -0.4 is 5.32 Å². The van der Waals surface area contributed by atoms with E-state index in [1.807, 2.05) is 33.3 Å². The lowest BCUT2D eigenvalue weighted by Gasteiger charge is -2.31. The van der Waals surface area contributed by atoms with Gasteiger partial charge in [0.15, 0.2) is 0 Å². The number of piperidine rings is 1. The maximum Gasteiger partial charge on any atom is 0.243 e. The summed E-state index contributed by atoms with van der Waals surface area (Å²) in [5.74, 6) is 0.636. The van der Waals surface area contributed by atoms with E-state index in [4.69, 9.17) is 0 Å². The highest BCUT2D eigenvalue weighted by atomic mass is 32.2. The topological polar surface area (TPSA) is 52.7 Å². The predicted molar refractivity (Wildman–Crippen MR) is 93.9 cm³/mol. The second kappa shape index (κ2) is 8.24. The summed E-state index contributed by atoms with van der Waals surface area (Å²) in [6.45, 7) is 3.09. The van der Waals surface area contributed by atoms with E-state index in [0.717, 1.165) is 37.9 Å². The first-order valence-corrected chi connectivity index (χ1v) is 9.76. The quantitative estimate of drug-likeness (QED) is 0.822. The molecule has 1 aromatic rings. The molecule has 1 heterocycles. The molecule has 1 aliphatic rings. The Balaban J connectivity index is 1.99. The number of sulfonamides is 1. The fourth-order valence-electron chi connectivity index (χ4n) is 3.07. The van der Waals surface area contributed by atoms with Crippen molar-refractivity contribution in [2.75, 3.05) is 40.8 Å². The van der Waals surface area contributed by atoms with Crippen molar-refractivity contribution in [1.82, 2.24) is 14.5 Å². The Hall–Kier alpha value is -0.950. The summed E-state index contributed by atoms with van der Waals surface area (Å²) < 4.78 is 27.1. The van der Waals surface area contributed by atoms with Crippen molar-refractivity contribution in [3.63, 3.8) is 0 Å². The van der Waals surface area contributed by atoms with Gasteiger partial charge in [0, 0.05) is 19.6 Å². The van der Waals surface area contributed by atoms with Crippen LogP contribution in [0.3, 0.4) is 0 Å². The molecule has 130 valence electrons. The van der Waals surface area contributed by atoms with E-state index in [2.05, 4.69) is 10.2 Å². The third kappa shape index (κ3) is 5.01. The average Bonchev–Trinajstić information content (AvgIpc) is 2.53. The molecule has 1 fully saturated rings. The zero-order valence-corrected chi connectivity index (χ0v) is 15.3. The Labute approximate surface area is 140 Å². The van der Waals surface area contributed by atoms with Crippen LogP contribution in [0.2, 0.25) is 0 Å². The minimum absolute atomic E-state index is 0.411. The highest BCUT2D eigenvalue weighted by Gasteiger charge is 2.29. The number of benzene rings is 1. The van der Waals surface area contributed by atoms with Crippen LogP contribution in [0.25, 0.3) is 0 Å². The van der Waals surface area contributed by atoms with Gasteiger partial charge < -0.3 is 10.2 Å². The summed E-state index contributed by atoms with van der Waals surface area (Å²) in [6, 6.07) is 7.29. The first kappa shape index (κ1) is 18.4. The molecule has 0 spiro atoms. The van der Waals surface area contributed by atoms with Crippen LogP contribution >= 0.6 is 0 Å². The zero-order valence-electron chi connectivity index (χ0n) is 14.5. The molecule has 0 aromatic heterocycles. The fourth-order valence-corrected chi connectivity index (χ4v) is 4.54. The van der Waals surface area contributed by atoms with Gasteiger partial charge in [-0.15, -0.1) is 0 Å². The van der Waals surface area contributed by atoms with Crippen LogP contribution in [0, 0.1) is 5.92 Å². The van der Waals surface area contributed by atoms with Crippen molar-refractivity contribution < 1.29 is 8.42 Å². The molecule has 1 saturated heterocycles. The lowest BCUT2D eigenvalue weighted by molar-refractivity contribution is 0.263. The lowest BCUT2D eigenvalue weighted by atomic mass is 9.95. The molecule has 0 bridgehead atoms.